The van der Waals surface area contributed by atoms with Crippen LogP contribution < -0.4 is 5.32 Å². The summed E-state index contributed by atoms with van der Waals surface area (Å²) in [6.45, 7) is 3.40. The molecule has 2 N–H and O–H groups in total. The number of ether oxygens (including phenoxy) is 1. The van der Waals surface area contributed by atoms with Crippen molar-refractivity contribution in [2.45, 2.75) is 32.2 Å². The zero-order valence-electron chi connectivity index (χ0n) is 15.0. The van der Waals surface area contributed by atoms with Crippen LogP contribution in [0.25, 0.3) is 0 Å². The normalized spacial score (nSPS) is 20.6. The van der Waals surface area contributed by atoms with Crippen molar-refractivity contribution in [2.75, 3.05) is 33.4 Å². The summed E-state index contributed by atoms with van der Waals surface area (Å²) in [4.78, 5) is 27.0. The maximum absolute atomic E-state index is 12.7. The molecule has 1 aromatic rings. The lowest BCUT2D eigenvalue weighted by Gasteiger charge is -2.41. The van der Waals surface area contributed by atoms with E-state index in [-0.39, 0.29) is 30.4 Å². The fraction of sp³-hybridized carbons (Fsp3) is 0.579. The second kappa shape index (κ2) is 9.53. The van der Waals surface area contributed by atoms with Crippen molar-refractivity contribution < 1.29 is 19.4 Å². The molecule has 1 saturated heterocycles. The van der Waals surface area contributed by atoms with Gasteiger partial charge in [0.15, 0.2) is 0 Å². The Balaban J connectivity index is 2.30. The highest BCUT2D eigenvalue weighted by Gasteiger charge is 2.40. The Morgan fingerprint density at radius 3 is 2.84 bits per heavy atom. The number of benzene rings is 1. The highest BCUT2D eigenvalue weighted by Crippen LogP contribution is 2.38. The molecule has 1 aromatic carbocycles. The minimum Gasteiger partial charge on any atom is -0.396 e. The molecule has 1 fully saturated rings. The first-order valence-electron chi connectivity index (χ1n) is 8.82. The highest BCUT2D eigenvalue weighted by molar-refractivity contribution is 5.85. The Bertz CT molecular complexity index is 591. The topological polar surface area (TPSA) is 78.9 Å². The van der Waals surface area contributed by atoms with Crippen molar-refractivity contribution >= 4 is 11.8 Å². The Kier molecular flexibility index (Phi) is 7.40. The van der Waals surface area contributed by atoms with Gasteiger partial charge in [-0.15, -0.1) is 0 Å². The smallest absolute Gasteiger partial charge is 0.225 e. The SMILES string of the molecule is COCCN1C(=O)CC[C@@H](C(=O)NCCCO)[C@@H]1c1ccccc1C. The molecule has 2 atom stereocenters. The van der Waals surface area contributed by atoms with Crippen LogP contribution in [0.4, 0.5) is 0 Å². The van der Waals surface area contributed by atoms with E-state index in [2.05, 4.69) is 5.32 Å². The van der Waals surface area contributed by atoms with Gasteiger partial charge in [-0.3, -0.25) is 9.59 Å². The maximum Gasteiger partial charge on any atom is 0.225 e. The van der Waals surface area contributed by atoms with Crippen LogP contribution in [0.1, 0.15) is 36.4 Å². The van der Waals surface area contributed by atoms with Gasteiger partial charge >= 0.3 is 0 Å². The zero-order chi connectivity index (χ0) is 18.2. The molecule has 0 aliphatic carbocycles. The molecular weight excluding hydrogens is 320 g/mol. The first-order chi connectivity index (χ1) is 12.1. The van der Waals surface area contributed by atoms with E-state index in [1.165, 1.54) is 0 Å². The number of methoxy groups -OCH3 is 1. The van der Waals surface area contributed by atoms with Crippen molar-refractivity contribution in [3.05, 3.63) is 35.4 Å². The standard InChI is InChI=1S/C19H28N2O4/c1-14-6-3-4-7-15(14)18-16(19(24)20-10-5-12-22)8-9-17(23)21(18)11-13-25-2/h3-4,6-7,16,18,22H,5,8-13H2,1-2H3,(H,20,24)/t16-,18+/m1/s1. The van der Waals surface area contributed by atoms with Crippen LogP contribution in [0.5, 0.6) is 0 Å². The van der Waals surface area contributed by atoms with Crippen LogP contribution in [0, 0.1) is 12.8 Å². The number of hydrogen-bond donors (Lipinski definition) is 2. The largest absolute Gasteiger partial charge is 0.396 e. The van der Waals surface area contributed by atoms with Gasteiger partial charge in [0, 0.05) is 33.2 Å². The number of nitrogens with zero attached hydrogens (tertiary/aromatic N) is 1. The number of likely N-dealkylation sites (tertiary alicyclic amines) is 1. The molecule has 0 unspecified atom stereocenters. The van der Waals surface area contributed by atoms with Crippen molar-refractivity contribution in [3.8, 4) is 0 Å². The van der Waals surface area contributed by atoms with E-state index in [1.54, 1.807) is 12.0 Å². The number of aliphatic hydroxyl groups excluding tert-OH is 1. The average Bonchev–Trinajstić information content (AvgIpc) is 2.61. The predicted octanol–water partition coefficient (Wildman–Crippen LogP) is 1.42. The van der Waals surface area contributed by atoms with Crippen LogP contribution in [-0.2, 0) is 14.3 Å². The highest BCUT2D eigenvalue weighted by atomic mass is 16.5. The van der Waals surface area contributed by atoms with Crippen LogP contribution in [0.15, 0.2) is 24.3 Å². The molecule has 0 bridgehead atoms. The van der Waals surface area contributed by atoms with E-state index in [0.29, 0.717) is 39.0 Å². The first-order valence-corrected chi connectivity index (χ1v) is 8.82. The third-order valence-corrected chi connectivity index (χ3v) is 4.72. The molecule has 2 rings (SSSR count). The molecule has 0 saturated carbocycles. The van der Waals surface area contributed by atoms with Gasteiger partial charge in [0.05, 0.1) is 18.6 Å². The summed E-state index contributed by atoms with van der Waals surface area (Å²) < 4.78 is 5.16. The maximum atomic E-state index is 12.7. The van der Waals surface area contributed by atoms with Gasteiger partial charge in [0.1, 0.15) is 0 Å². The quantitative estimate of drug-likeness (QED) is 0.697. The fourth-order valence-electron chi connectivity index (χ4n) is 3.41. The fourth-order valence-corrected chi connectivity index (χ4v) is 3.41. The van der Waals surface area contributed by atoms with Crippen LogP contribution in [0.2, 0.25) is 0 Å². The van der Waals surface area contributed by atoms with E-state index < -0.39 is 0 Å². The van der Waals surface area contributed by atoms with Crippen molar-refractivity contribution in [1.82, 2.24) is 10.2 Å². The van der Waals surface area contributed by atoms with Crippen LogP contribution in [0.3, 0.4) is 0 Å². The summed E-state index contributed by atoms with van der Waals surface area (Å²) in [5, 5.41) is 11.8. The Morgan fingerprint density at radius 2 is 2.16 bits per heavy atom. The molecule has 0 aromatic heterocycles. The van der Waals surface area contributed by atoms with Crippen molar-refractivity contribution in [2.24, 2.45) is 5.92 Å². The van der Waals surface area contributed by atoms with Gasteiger partial charge in [-0.25, -0.2) is 0 Å². The first kappa shape index (κ1) is 19.4. The molecule has 25 heavy (non-hydrogen) atoms. The molecule has 1 aliphatic rings. The summed E-state index contributed by atoms with van der Waals surface area (Å²) >= 11 is 0. The van der Waals surface area contributed by atoms with E-state index in [9.17, 15) is 9.59 Å². The summed E-state index contributed by atoms with van der Waals surface area (Å²) in [5.74, 6) is -0.296. The summed E-state index contributed by atoms with van der Waals surface area (Å²) in [7, 11) is 1.61. The minimum atomic E-state index is -0.297. The second-order valence-electron chi connectivity index (χ2n) is 6.39. The number of piperidine rings is 1. The van der Waals surface area contributed by atoms with Crippen molar-refractivity contribution in [3.63, 3.8) is 0 Å². The number of rotatable bonds is 8. The lowest BCUT2D eigenvalue weighted by Crippen LogP contribution is -2.49. The number of hydrogen-bond acceptors (Lipinski definition) is 4. The summed E-state index contributed by atoms with van der Waals surface area (Å²) in [6, 6.07) is 7.61. The molecule has 1 heterocycles. The second-order valence-corrected chi connectivity index (χ2v) is 6.39. The van der Waals surface area contributed by atoms with Crippen molar-refractivity contribution in [1.29, 1.82) is 0 Å². The number of amides is 2. The van der Waals surface area contributed by atoms with Gasteiger partial charge in [-0.05, 0) is 30.9 Å². The molecule has 6 nitrogen and oxygen atoms in total. The van der Waals surface area contributed by atoms with E-state index in [0.717, 1.165) is 11.1 Å². The average molecular weight is 348 g/mol. The van der Waals surface area contributed by atoms with E-state index in [1.807, 2.05) is 31.2 Å². The van der Waals surface area contributed by atoms with Gasteiger partial charge in [0.25, 0.3) is 0 Å². The number of carbonyl (C=O) groups excluding carboxylic acids is 2. The summed E-state index contributed by atoms with van der Waals surface area (Å²) in [5.41, 5.74) is 2.08. The summed E-state index contributed by atoms with van der Waals surface area (Å²) in [6.07, 6.45) is 1.43. The van der Waals surface area contributed by atoms with E-state index in [4.69, 9.17) is 9.84 Å². The Hall–Kier alpha value is -1.92. The van der Waals surface area contributed by atoms with Gasteiger partial charge in [-0.1, -0.05) is 24.3 Å². The number of nitrogens with one attached hydrogen (secondary N) is 1. The predicted molar refractivity (Wildman–Crippen MR) is 94.9 cm³/mol. The molecule has 138 valence electrons. The third kappa shape index (κ3) is 4.80. The number of aliphatic hydroxyl groups is 1. The third-order valence-electron chi connectivity index (χ3n) is 4.72. The molecule has 0 radical (unpaired) electrons. The molecule has 6 heteroatoms. The zero-order valence-corrected chi connectivity index (χ0v) is 15.0. The Labute approximate surface area is 149 Å². The lowest BCUT2D eigenvalue weighted by atomic mass is 9.82. The number of aryl methyl sites for hydroxylation is 1. The molecule has 1 aliphatic heterocycles. The Morgan fingerprint density at radius 1 is 1.40 bits per heavy atom. The molecule has 0 spiro atoms. The monoisotopic (exact) mass is 348 g/mol. The van der Waals surface area contributed by atoms with Crippen LogP contribution in [-0.4, -0.2) is 55.2 Å². The van der Waals surface area contributed by atoms with Gasteiger partial charge in [-0.2, -0.15) is 0 Å². The van der Waals surface area contributed by atoms with E-state index >= 15 is 0 Å². The molecular formula is C19H28N2O4. The number of carbonyl (C=O) groups is 2. The lowest BCUT2D eigenvalue weighted by molar-refractivity contribution is -0.144. The van der Waals surface area contributed by atoms with Gasteiger partial charge in [0.2, 0.25) is 11.8 Å². The molecule has 2 amide bonds. The van der Waals surface area contributed by atoms with Gasteiger partial charge < -0.3 is 20.1 Å². The van der Waals surface area contributed by atoms with Crippen LogP contribution >= 0.6 is 0 Å². The minimum absolute atomic E-state index is 0.0462.